The monoisotopic (exact) mass is 479 g/mol. The number of rotatable bonds is 6. The topological polar surface area (TPSA) is 69.7 Å². The second kappa shape index (κ2) is 10.0. The highest BCUT2D eigenvalue weighted by molar-refractivity contribution is 7.99. The summed E-state index contributed by atoms with van der Waals surface area (Å²) < 4.78 is 27.5. The second-order valence-electron chi connectivity index (χ2n) is 8.10. The van der Waals surface area contributed by atoms with E-state index < -0.39 is 10.0 Å². The average Bonchev–Trinajstić information content (AvgIpc) is 3.28. The fraction of sp³-hybridized carbons (Fsp3) is 0.500. The molecule has 1 aromatic carbocycles. The summed E-state index contributed by atoms with van der Waals surface area (Å²) in [4.78, 5) is 15.7. The molecule has 1 unspecified atom stereocenters. The first kappa shape index (κ1) is 22.8. The molecule has 31 heavy (non-hydrogen) atoms. The first-order chi connectivity index (χ1) is 14.9. The molecule has 1 aromatic heterocycles. The van der Waals surface area contributed by atoms with Crippen molar-refractivity contribution in [1.29, 1.82) is 0 Å². The van der Waals surface area contributed by atoms with Gasteiger partial charge in [0, 0.05) is 42.9 Å². The van der Waals surface area contributed by atoms with Crippen LogP contribution in [0.4, 0.5) is 5.69 Å². The standard InChI is InChI=1S/C22H29N3O3S3/c1-17-4-2-3-10-24(17)16-18-5-7-19(8-6-18)23-22(26)21-20(9-13-30-21)31(27,28)25-11-14-29-15-12-25/h5-9,13,17H,2-4,10-12,14-16H2,1H3,(H,23,26). The van der Waals surface area contributed by atoms with E-state index in [4.69, 9.17) is 0 Å². The summed E-state index contributed by atoms with van der Waals surface area (Å²) in [5, 5.41) is 4.54. The van der Waals surface area contributed by atoms with E-state index in [0.29, 0.717) is 24.8 Å². The van der Waals surface area contributed by atoms with Crippen LogP contribution in [0.1, 0.15) is 41.4 Å². The highest BCUT2D eigenvalue weighted by Crippen LogP contribution is 2.28. The number of anilines is 1. The van der Waals surface area contributed by atoms with Crippen LogP contribution in [0.5, 0.6) is 0 Å². The van der Waals surface area contributed by atoms with E-state index >= 15 is 0 Å². The van der Waals surface area contributed by atoms with Crippen LogP contribution in [-0.2, 0) is 16.6 Å². The lowest BCUT2D eigenvalue weighted by molar-refractivity contribution is 0.102. The fourth-order valence-corrected chi connectivity index (χ4v) is 7.97. The normalized spacial score (nSPS) is 21.1. The Morgan fingerprint density at radius 1 is 1.10 bits per heavy atom. The molecule has 2 fully saturated rings. The average molecular weight is 480 g/mol. The molecule has 2 saturated heterocycles. The number of benzene rings is 1. The van der Waals surface area contributed by atoms with Crippen LogP contribution in [0.3, 0.4) is 0 Å². The van der Waals surface area contributed by atoms with Gasteiger partial charge in [-0.1, -0.05) is 18.6 Å². The summed E-state index contributed by atoms with van der Waals surface area (Å²) in [7, 11) is -3.65. The Morgan fingerprint density at radius 3 is 2.55 bits per heavy atom. The number of hydrogen-bond donors (Lipinski definition) is 1. The maximum Gasteiger partial charge on any atom is 0.267 e. The molecule has 0 radical (unpaired) electrons. The number of carbonyl (C=O) groups excluding carboxylic acids is 1. The molecule has 0 saturated carbocycles. The molecule has 2 aromatic rings. The highest BCUT2D eigenvalue weighted by atomic mass is 32.2. The third kappa shape index (κ3) is 5.34. The summed E-state index contributed by atoms with van der Waals surface area (Å²) in [5.41, 5.74) is 1.89. The molecule has 4 rings (SSSR count). The third-order valence-corrected chi connectivity index (χ3v) is 9.89. The maximum atomic E-state index is 13.0. The minimum Gasteiger partial charge on any atom is -0.321 e. The van der Waals surface area contributed by atoms with Gasteiger partial charge >= 0.3 is 0 Å². The molecular formula is C22H29N3O3S3. The third-order valence-electron chi connectivity index (χ3n) is 5.96. The molecule has 168 valence electrons. The van der Waals surface area contributed by atoms with E-state index in [-0.39, 0.29) is 15.7 Å². The van der Waals surface area contributed by atoms with Crippen molar-refractivity contribution >= 4 is 44.7 Å². The molecular weight excluding hydrogens is 450 g/mol. The van der Waals surface area contributed by atoms with Crippen LogP contribution >= 0.6 is 23.1 Å². The zero-order valence-electron chi connectivity index (χ0n) is 17.7. The summed E-state index contributed by atoms with van der Waals surface area (Å²) in [6.07, 6.45) is 3.80. The van der Waals surface area contributed by atoms with Crippen LogP contribution in [0, 0.1) is 0 Å². The van der Waals surface area contributed by atoms with Crippen molar-refractivity contribution in [2.24, 2.45) is 0 Å². The van der Waals surface area contributed by atoms with Crippen molar-refractivity contribution in [2.45, 2.75) is 43.7 Å². The highest BCUT2D eigenvalue weighted by Gasteiger charge is 2.31. The van der Waals surface area contributed by atoms with Crippen molar-refractivity contribution in [3.05, 3.63) is 46.2 Å². The number of amides is 1. The van der Waals surface area contributed by atoms with Crippen molar-refractivity contribution in [3.63, 3.8) is 0 Å². The van der Waals surface area contributed by atoms with Gasteiger partial charge in [-0.2, -0.15) is 16.1 Å². The lowest BCUT2D eigenvalue weighted by atomic mass is 10.0. The molecule has 3 heterocycles. The molecule has 0 aliphatic carbocycles. The molecule has 0 bridgehead atoms. The zero-order chi connectivity index (χ0) is 21.8. The van der Waals surface area contributed by atoms with Gasteiger partial charge in [0.25, 0.3) is 5.91 Å². The Bertz CT molecular complexity index is 999. The van der Waals surface area contributed by atoms with E-state index in [0.717, 1.165) is 35.9 Å². The first-order valence-corrected chi connectivity index (χ1v) is 14.2. The Labute approximate surface area is 193 Å². The predicted octanol–water partition coefficient (Wildman–Crippen LogP) is 4.11. The molecule has 0 spiro atoms. The molecule has 1 N–H and O–H groups in total. The summed E-state index contributed by atoms with van der Waals surface area (Å²) in [5.74, 6) is 1.19. The van der Waals surface area contributed by atoms with Gasteiger partial charge < -0.3 is 5.32 Å². The molecule has 1 atom stereocenters. The minimum absolute atomic E-state index is 0.109. The second-order valence-corrected chi connectivity index (χ2v) is 12.1. The fourth-order valence-electron chi connectivity index (χ4n) is 4.10. The van der Waals surface area contributed by atoms with Crippen LogP contribution in [0.2, 0.25) is 0 Å². The minimum atomic E-state index is -3.65. The molecule has 1 amide bonds. The van der Waals surface area contributed by atoms with Crippen molar-refractivity contribution < 1.29 is 13.2 Å². The number of thioether (sulfide) groups is 1. The van der Waals surface area contributed by atoms with E-state index in [1.807, 2.05) is 24.3 Å². The van der Waals surface area contributed by atoms with E-state index in [1.165, 1.54) is 29.1 Å². The van der Waals surface area contributed by atoms with Crippen LogP contribution < -0.4 is 5.32 Å². The van der Waals surface area contributed by atoms with Gasteiger partial charge in [-0.3, -0.25) is 9.69 Å². The van der Waals surface area contributed by atoms with Gasteiger partial charge in [0.1, 0.15) is 9.77 Å². The Morgan fingerprint density at radius 2 is 1.84 bits per heavy atom. The Hall–Kier alpha value is -1.39. The van der Waals surface area contributed by atoms with E-state index in [1.54, 1.807) is 23.2 Å². The quantitative estimate of drug-likeness (QED) is 0.675. The summed E-state index contributed by atoms with van der Waals surface area (Å²) >= 11 is 2.92. The number of nitrogens with one attached hydrogen (secondary N) is 1. The zero-order valence-corrected chi connectivity index (χ0v) is 20.2. The lowest BCUT2D eigenvalue weighted by Gasteiger charge is -2.33. The SMILES string of the molecule is CC1CCCCN1Cc1ccc(NC(=O)c2sccc2S(=O)(=O)N2CCSCC2)cc1. The molecule has 6 nitrogen and oxygen atoms in total. The van der Waals surface area contributed by atoms with Gasteiger partial charge in [0.15, 0.2) is 0 Å². The van der Waals surface area contributed by atoms with Crippen LogP contribution in [-0.4, -0.2) is 60.7 Å². The Kier molecular flexibility index (Phi) is 7.38. The summed E-state index contributed by atoms with van der Waals surface area (Å²) in [6, 6.07) is 10.0. The largest absolute Gasteiger partial charge is 0.321 e. The maximum absolute atomic E-state index is 13.0. The predicted molar refractivity (Wildman–Crippen MR) is 129 cm³/mol. The van der Waals surface area contributed by atoms with Crippen LogP contribution in [0.15, 0.2) is 40.6 Å². The van der Waals surface area contributed by atoms with E-state index in [2.05, 4.69) is 17.1 Å². The Balaban J connectivity index is 1.43. The number of thiophene rings is 1. The van der Waals surface area contributed by atoms with Gasteiger partial charge in [-0.25, -0.2) is 8.42 Å². The van der Waals surface area contributed by atoms with Gasteiger partial charge in [-0.05, 0) is 55.5 Å². The van der Waals surface area contributed by atoms with Crippen LogP contribution in [0.25, 0.3) is 0 Å². The molecule has 2 aliphatic rings. The van der Waals surface area contributed by atoms with Gasteiger partial charge in [0.2, 0.25) is 10.0 Å². The van der Waals surface area contributed by atoms with Crippen molar-refractivity contribution in [1.82, 2.24) is 9.21 Å². The number of hydrogen-bond acceptors (Lipinski definition) is 6. The molecule has 2 aliphatic heterocycles. The number of carbonyl (C=O) groups is 1. The number of piperidine rings is 1. The lowest BCUT2D eigenvalue weighted by Crippen LogP contribution is -2.38. The first-order valence-electron chi connectivity index (χ1n) is 10.7. The van der Waals surface area contributed by atoms with Crippen molar-refractivity contribution in [3.8, 4) is 0 Å². The van der Waals surface area contributed by atoms with Gasteiger partial charge in [-0.15, -0.1) is 11.3 Å². The van der Waals surface area contributed by atoms with Gasteiger partial charge in [0.05, 0.1) is 0 Å². The summed E-state index contributed by atoms with van der Waals surface area (Å²) in [6.45, 7) is 5.30. The number of likely N-dealkylation sites (tertiary alicyclic amines) is 1. The van der Waals surface area contributed by atoms with Crippen molar-refractivity contribution in [2.75, 3.05) is 36.5 Å². The van der Waals surface area contributed by atoms with E-state index in [9.17, 15) is 13.2 Å². The number of sulfonamides is 1. The number of nitrogens with zero attached hydrogens (tertiary/aromatic N) is 2. The smallest absolute Gasteiger partial charge is 0.267 e. The molecule has 9 heteroatoms.